The van der Waals surface area contributed by atoms with Crippen LogP contribution in [0.25, 0.3) is 11.3 Å². The van der Waals surface area contributed by atoms with Gasteiger partial charge in [-0.1, -0.05) is 12.1 Å². The average Bonchev–Trinajstić information content (AvgIpc) is 3.19. The van der Waals surface area contributed by atoms with Crippen LogP contribution in [-0.4, -0.2) is 21.8 Å². The first-order valence-corrected chi connectivity index (χ1v) is 8.31. The number of hydrogen-bond acceptors (Lipinski definition) is 4. The van der Waals surface area contributed by atoms with Crippen molar-refractivity contribution in [1.82, 2.24) is 15.5 Å². The maximum absolute atomic E-state index is 13.9. The second kappa shape index (κ2) is 6.80. The fourth-order valence-corrected chi connectivity index (χ4v) is 3.30. The van der Waals surface area contributed by atoms with E-state index in [1.165, 1.54) is 35.7 Å². The molecule has 0 aliphatic heterocycles. The van der Waals surface area contributed by atoms with Crippen molar-refractivity contribution in [3.63, 3.8) is 0 Å². The molecule has 1 unspecified atom stereocenters. The lowest BCUT2D eigenvalue weighted by atomic mass is 10.0. The van der Waals surface area contributed by atoms with Crippen LogP contribution in [0.3, 0.4) is 0 Å². The van der Waals surface area contributed by atoms with Gasteiger partial charge in [-0.25, -0.2) is 8.78 Å². The summed E-state index contributed by atoms with van der Waals surface area (Å²) in [5, 5.41) is 22.0. The van der Waals surface area contributed by atoms with Crippen LogP contribution in [0.2, 0.25) is 0 Å². The Balaban J connectivity index is 1.73. The van der Waals surface area contributed by atoms with Crippen LogP contribution in [0.1, 0.15) is 17.4 Å². The lowest BCUT2D eigenvalue weighted by molar-refractivity contribution is 0.0604. The highest BCUT2D eigenvalue weighted by molar-refractivity contribution is 7.10. The van der Waals surface area contributed by atoms with E-state index in [-0.39, 0.29) is 5.56 Å². The molecule has 1 aromatic carbocycles. The van der Waals surface area contributed by atoms with Gasteiger partial charge in [-0.3, -0.25) is 5.10 Å². The van der Waals surface area contributed by atoms with Gasteiger partial charge < -0.3 is 10.4 Å². The molecular formula is C17H17F2N3OS. The Morgan fingerprint density at radius 2 is 2.00 bits per heavy atom. The molecule has 0 bridgehead atoms. The molecule has 0 saturated carbocycles. The summed E-state index contributed by atoms with van der Waals surface area (Å²) in [4.78, 5) is 0.850. The molecule has 126 valence electrons. The zero-order valence-electron chi connectivity index (χ0n) is 13.0. The smallest absolute Gasteiger partial charge is 0.135 e. The number of nitrogens with zero attached hydrogens (tertiary/aromatic N) is 1. The molecule has 24 heavy (non-hydrogen) atoms. The molecule has 0 aliphatic carbocycles. The highest BCUT2D eigenvalue weighted by Crippen LogP contribution is 2.28. The first kappa shape index (κ1) is 16.8. The lowest BCUT2D eigenvalue weighted by Crippen LogP contribution is -2.34. The van der Waals surface area contributed by atoms with Crippen LogP contribution in [-0.2, 0) is 12.1 Å². The van der Waals surface area contributed by atoms with E-state index in [9.17, 15) is 13.9 Å². The van der Waals surface area contributed by atoms with E-state index in [1.807, 2.05) is 17.5 Å². The molecule has 7 heteroatoms. The number of aromatic amines is 1. The third kappa shape index (κ3) is 3.38. The minimum atomic E-state index is -1.01. The van der Waals surface area contributed by atoms with Crippen LogP contribution in [0.15, 0.2) is 41.9 Å². The molecule has 3 aromatic rings. The summed E-state index contributed by atoms with van der Waals surface area (Å²) in [6, 6.07) is 7.48. The second-order valence-corrected chi connectivity index (χ2v) is 6.67. The van der Waals surface area contributed by atoms with Gasteiger partial charge in [0, 0.05) is 23.5 Å². The number of nitrogens with one attached hydrogen (secondary N) is 2. The average molecular weight is 349 g/mol. The van der Waals surface area contributed by atoms with E-state index >= 15 is 0 Å². The van der Waals surface area contributed by atoms with Gasteiger partial charge in [-0.15, -0.1) is 11.3 Å². The van der Waals surface area contributed by atoms with Crippen LogP contribution in [0.5, 0.6) is 0 Å². The van der Waals surface area contributed by atoms with Crippen LogP contribution >= 0.6 is 11.3 Å². The zero-order valence-corrected chi connectivity index (χ0v) is 13.8. The summed E-state index contributed by atoms with van der Waals surface area (Å²) in [6.07, 6.45) is 1.52. The summed E-state index contributed by atoms with van der Waals surface area (Å²) in [5.74, 6) is -1.29. The summed E-state index contributed by atoms with van der Waals surface area (Å²) in [6.45, 7) is 2.34. The standard InChI is InChI=1S/C17H17F2N3OS/c1-17(23,14-6-3-7-24-14)10-20-8-11-9-21-22-16(11)15-12(18)4-2-5-13(15)19/h2-7,9,20,23H,8,10H2,1H3,(H,21,22). The monoisotopic (exact) mass is 349 g/mol. The predicted molar refractivity (Wildman–Crippen MR) is 89.5 cm³/mol. The Bertz CT molecular complexity index is 795. The Morgan fingerprint density at radius 3 is 2.67 bits per heavy atom. The number of aliphatic hydroxyl groups is 1. The Morgan fingerprint density at radius 1 is 1.25 bits per heavy atom. The maximum Gasteiger partial charge on any atom is 0.135 e. The van der Waals surface area contributed by atoms with Crippen molar-refractivity contribution in [1.29, 1.82) is 0 Å². The minimum absolute atomic E-state index is 0.128. The van der Waals surface area contributed by atoms with Crippen LogP contribution in [0.4, 0.5) is 8.78 Å². The van der Waals surface area contributed by atoms with Gasteiger partial charge in [0.1, 0.15) is 17.2 Å². The van der Waals surface area contributed by atoms with Crippen molar-refractivity contribution >= 4 is 11.3 Å². The quantitative estimate of drug-likeness (QED) is 0.639. The van der Waals surface area contributed by atoms with Gasteiger partial charge in [-0.2, -0.15) is 5.10 Å². The number of benzene rings is 1. The highest BCUT2D eigenvalue weighted by Gasteiger charge is 2.24. The van der Waals surface area contributed by atoms with E-state index < -0.39 is 17.2 Å². The number of H-pyrrole nitrogens is 1. The van der Waals surface area contributed by atoms with E-state index in [2.05, 4.69) is 15.5 Å². The van der Waals surface area contributed by atoms with Crippen molar-refractivity contribution < 1.29 is 13.9 Å². The van der Waals surface area contributed by atoms with Gasteiger partial charge in [0.25, 0.3) is 0 Å². The van der Waals surface area contributed by atoms with Gasteiger partial charge in [-0.05, 0) is 30.5 Å². The summed E-state index contributed by atoms with van der Waals surface area (Å²) < 4.78 is 27.9. The molecule has 0 amide bonds. The number of rotatable bonds is 6. The first-order chi connectivity index (χ1) is 11.5. The van der Waals surface area contributed by atoms with Gasteiger partial charge >= 0.3 is 0 Å². The van der Waals surface area contributed by atoms with Crippen LogP contribution < -0.4 is 5.32 Å². The molecule has 3 rings (SSSR count). The van der Waals surface area contributed by atoms with Crippen molar-refractivity contribution in [3.8, 4) is 11.3 Å². The fourth-order valence-electron chi connectivity index (χ4n) is 2.51. The van der Waals surface area contributed by atoms with Crippen molar-refractivity contribution in [2.45, 2.75) is 19.1 Å². The Labute approximate surface area is 142 Å². The fraction of sp³-hybridized carbons (Fsp3) is 0.235. The first-order valence-electron chi connectivity index (χ1n) is 7.43. The Kier molecular flexibility index (Phi) is 4.75. The maximum atomic E-state index is 13.9. The Hall–Kier alpha value is -2.09. The molecule has 0 fully saturated rings. The molecular weight excluding hydrogens is 332 g/mol. The van der Waals surface area contributed by atoms with E-state index in [4.69, 9.17) is 0 Å². The van der Waals surface area contributed by atoms with Crippen LogP contribution in [0, 0.1) is 11.6 Å². The highest BCUT2D eigenvalue weighted by atomic mass is 32.1. The number of halogens is 2. The SMILES string of the molecule is CC(O)(CNCc1cn[nH]c1-c1c(F)cccc1F)c1cccs1. The molecule has 3 N–H and O–H groups in total. The van der Waals surface area contributed by atoms with Crippen molar-refractivity contribution in [3.05, 3.63) is 64.0 Å². The van der Waals surface area contributed by atoms with E-state index in [1.54, 1.807) is 6.92 Å². The number of hydrogen-bond donors (Lipinski definition) is 3. The van der Waals surface area contributed by atoms with Gasteiger partial charge in [0.05, 0.1) is 17.5 Å². The molecule has 1 atom stereocenters. The minimum Gasteiger partial charge on any atom is -0.383 e. The zero-order chi connectivity index (χ0) is 17.2. The summed E-state index contributed by atoms with van der Waals surface area (Å²) in [5.41, 5.74) is -0.215. The molecule has 0 saturated heterocycles. The summed E-state index contributed by atoms with van der Waals surface area (Å²) >= 11 is 1.47. The third-order valence-corrected chi connectivity index (χ3v) is 4.89. The van der Waals surface area contributed by atoms with Crippen molar-refractivity contribution in [2.24, 2.45) is 0 Å². The molecule has 0 spiro atoms. The number of thiophene rings is 1. The predicted octanol–water partition coefficient (Wildman–Crippen LogP) is 3.41. The van der Waals surface area contributed by atoms with E-state index in [0.717, 1.165) is 4.88 Å². The molecule has 0 aliphatic rings. The summed E-state index contributed by atoms with van der Waals surface area (Å²) in [7, 11) is 0. The topological polar surface area (TPSA) is 60.9 Å². The largest absolute Gasteiger partial charge is 0.383 e. The van der Waals surface area contributed by atoms with Gasteiger partial charge in [0.15, 0.2) is 0 Å². The van der Waals surface area contributed by atoms with Crippen molar-refractivity contribution in [2.75, 3.05) is 6.54 Å². The lowest BCUT2D eigenvalue weighted by Gasteiger charge is -2.22. The second-order valence-electron chi connectivity index (χ2n) is 5.72. The molecule has 2 heterocycles. The normalized spacial score (nSPS) is 13.8. The molecule has 2 aromatic heterocycles. The van der Waals surface area contributed by atoms with E-state index in [0.29, 0.717) is 24.3 Å². The molecule has 4 nitrogen and oxygen atoms in total. The van der Waals surface area contributed by atoms with Gasteiger partial charge in [0.2, 0.25) is 0 Å². The molecule has 0 radical (unpaired) electrons. The number of aromatic nitrogens is 2. The third-order valence-electron chi connectivity index (χ3n) is 3.77.